The third kappa shape index (κ3) is 3.57. The van der Waals surface area contributed by atoms with Crippen LogP contribution < -0.4 is 5.32 Å². The van der Waals surface area contributed by atoms with Crippen LogP contribution in [0.25, 0.3) is 0 Å². The number of nitrogens with zero attached hydrogens (tertiary/aromatic N) is 1. The molecule has 1 N–H and O–H groups in total. The molecule has 1 heterocycles. The van der Waals surface area contributed by atoms with Crippen molar-refractivity contribution in [1.29, 1.82) is 0 Å². The molecule has 1 aliphatic heterocycles. The fourth-order valence-corrected chi connectivity index (χ4v) is 2.63. The third-order valence-electron chi connectivity index (χ3n) is 4.13. The Morgan fingerprint density at radius 3 is 2.55 bits per heavy atom. The number of halogens is 1. The molecule has 1 fully saturated rings. The first-order chi connectivity index (χ1) is 9.39. The van der Waals surface area contributed by atoms with Crippen molar-refractivity contribution in [2.45, 2.75) is 45.2 Å². The van der Waals surface area contributed by atoms with Gasteiger partial charge in [0.2, 0.25) is 0 Å². The number of amides is 1. The van der Waals surface area contributed by atoms with Crippen molar-refractivity contribution in [2.24, 2.45) is 0 Å². The highest BCUT2D eigenvalue weighted by molar-refractivity contribution is 5.94. The largest absolute Gasteiger partial charge is 0.347 e. The lowest BCUT2D eigenvalue weighted by Crippen LogP contribution is -2.54. The van der Waals surface area contributed by atoms with Crippen molar-refractivity contribution in [3.8, 4) is 0 Å². The topological polar surface area (TPSA) is 32.3 Å². The summed E-state index contributed by atoms with van der Waals surface area (Å²) in [6, 6.07) is 6.37. The lowest BCUT2D eigenvalue weighted by atomic mass is 9.88. The van der Waals surface area contributed by atoms with E-state index in [-0.39, 0.29) is 17.3 Å². The molecule has 2 rings (SSSR count). The van der Waals surface area contributed by atoms with Gasteiger partial charge in [0.15, 0.2) is 0 Å². The average molecular weight is 278 g/mol. The predicted molar refractivity (Wildman–Crippen MR) is 78.2 cm³/mol. The molecule has 0 aromatic heterocycles. The molecule has 0 unspecified atom stereocenters. The van der Waals surface area contributed by atoms with Crippen LogP contribution in [0.4, 0.5) is 4.39 Å². The summed E-state index contributed by atoms with van der Waals surface area (Å²) in [5.41, 5.74) is 0.187. The normalized spacial score (nSPS) is 19.1. The average Bonchev–Trinajstić information content (AvgIpc) is 2.38. The van der Waals surface area contributed by atoms with Gasteiger partial charge in [-0.1, -0.05) is 6.07 Å². The minimum absolute atomic E-state index is 0.190. The van der Waals surface area contributed by atoms with Gasteiger partial charge >= 0.3 is 0 Å². The smallest absolute Gasteiger partial charge is 0.251 e. The molecule has 3 nitrogen and oxygen atoms in total. The quantitative estimate of drug-likeness (QED) is 0.922. The molecule has 1 aromatic rings. The Kier molecular flexibility index (Phi) is 4.43. The first-order valence-electron chi connectivity index (χ1n) is 7.22. The van der Waals surface area contributed by atoms with Crippen LogP contribution >= 0.6 is 0 Å². The molecule has 1 amide bonds. The van der Waals surface area contributed by atoms with E-state index in [1.807, 2.05) is 0 Å². The highest BCUT2D eigenvalue weighted by Gasteiger charge is 2.32. The number of carbonyl (C=O) groups excluding carboxylic acids is 1. The molecule has 0 bridgehead atoms. The first kappa shape index (κ1) is 15.0. The molecule has 4 heteroatoms. The van der Waals surface area contributed by atoms with E-state index in [1.54, 1.807) is 12.1 Å². The molecular formula is C16H23FN2O. The fraction of sp³-hybridized carbons (Fsp3) is 0.562. The summed E-state index contributed by atoms with van der Waals surface area (Å²) in [4.78, 5) is 14.6. The van der Waals surface area contributed by atoms with Gasteiger partial charge in [-0.3, -0.25) is 4.79 Å². The van der Waals surface area contributed by atoms with Crippen molar-refractivity contribution < 1.29 is 9.18 Å². The van der Waals surface area contributed by atoms with E-state index in [2.05, 4.69) is 31.0 Å². The molecule has 20 heavy (non-hydrogen) atoms. The summed E-state index contributed by atoms with van der Waals surface area (Å²) >= 11 is 0. The Morgan fingerprint density at radius 1 is 1.35 bits per heavy atom. The molecule has 0 spiro atoms. The molecule has 110 valence electrons. The van der Waals surface area contributed by atoms with Gasteiger partial charge in [-0.05, 0) is 51.8 Å². The van der Waals surface area contributed by atoms with Gasteiger partial charge in [-0.2, -0.15) is 0 Å². The van der Waals surface area contributed by atoms with Crippen LogP contribution in [0, 0.1) is 5.82 Å². The van der Waals surface area contributed by atoms with Crippen molar-refractivity contribution in [1.82, 2.24) is 10.2 Å². The van der Waals surface area contributed by atoms with Crippen LogP contribution in [0.5, 0.6) is 0 Å². The Labute approximate surface area is 120 Å². The molecule has 1 aliphatic rings. The summed E-state index contributed by atoms with van der Waals surface area (Å²) in [5, 5.41) is 3.07. The maximum absolute atomic E-state index is 13.2. The van der Waals surface area contributed by atoms with Crippen molar-refractivity contribution in [2.75, 3.05) is 13.1 Å². The Balaban J connectivity index is 1.98. The second-order valence-electron chi connectivity index (χ2n) is 6.15. The minimum Gasteiger partial charge on any atom is -0.347 e. The van der Waals surface area contributed by atoms with E-state index in [0.717, 1.165) is 25.9 Å². The number of likely N-dealkylation sites (tertiary alicyclic amines) is 1. The number of hydrogen-bond acceptors (Lipinski definition) is 2. The van der Waals surface area contributed by atoms with Gasteiger partial charge in [0.05, 0.1) is 0 Å². The monoisotopic (exact) mass is 278 g/mol. The van der Waals surface area contributed by atoms with E-state index < -0.39 is 0 Å². The van der Waals surface area contributed by atoms with Crippen LogP contribution in [0.15, 0.2) is 24.3 Å². The van der Waals surface area contributed by atoms with Crippen molar-refractivity contribution >= 4 is 5.91 Å². The zero-order chi connectivity index (χ0) is 14.8. The summed E-state index contributed by atoms with van der Waals surface area (Å²) in [6.07, 6.45) is 1.85. The lowest BCUT2D eigenvalue weighted by Gasteiger charge is -2.41. The van der Waals surface area contributed by atoms with Gasteiger partial charge in [0, 0.05) is 30.2 Å². The van der Waals surface area contributed by atoms with Crippen molar-refractivity contribution in [3.05, 3.63) is 35.6 Å². The first-order valence-corrected chi connectivity index (χ1v) is 7.22. The van der Waals surface area contributed by atoms with Gasteiger partial charge in [0.25, 0.3) is 5.91 Å². The molecule has 0 atom stereocenters. The summed E-state index contributed by atoms with van der Waals surface area (Å²) in [5.74, 6) is -0.567. The second kappa shape index (κ2) is 5.92. The summed E-state index contributed by atoms with van der Waals surface area (Å²) in [7, 11) is 0. The fourth-order valence-electron chi connectivity index (χ4n) is 2.63. The van der Waals surface area contributed by atoms with Crippen LogP contribution in [0.3, 0.4) is 0 Å². The molecule has 0 aliphatic carbocycles. The minimum atomic E-state index is -0.377. The van der Waals surface area contributed by atoms with Crippen molar-refractivity contribution in [3.63, 3.8) is 0 Å². The van der Waals surface area contributed by atoms with E-state index in [1.165, 1.54) is 12.1 Å². The summed E-state index contributed by atoms with van der Waals surface area (Å²) in [6.45, 7) is 8.42. The van der Waals surface area contributed by atoms with Gasteiger partial charge < -0.3 is 10.2 Å². The van der Waals surface area contributed by atoms with E-state index in [4.69, 9.17) is 0 Å². The number of rotatable bonds is 3. The molecular weight excluding hydrogens is 255 g/mol. The van der Waals surface area contributed by atoms with E-state index in [9.17, 15) is 9.18 Å². The second-order valence-corrected chi connectivity index (χ2v) is 6.15. The number of piperidine rings is 1. The maximum atomic E-state index is 13.2. The molecule has 1 saturated heterocycles. The lowest BCUT2D eigenvalue weighted by molar-refractivity contribution is 0.0801. The highest BCUT2D eigenvalue weighted by atomic mass is 19.1. The Morgan fingerprint density at radius 2 is 2.00 bits per heavy atom. The van der Waals surface area contributed by atoms with E-state index >= 15 is 0 Å². The van der Waals surface area contributed by atoms with Gasteiger partial charge in [0.1, 0.15) is 5.82 Å². The number of nitrogens with one attached hydrogen (secondary N) is 1. The molecule has 0 saturated carbocycles. The number of hydrogen-bond donors (Lipinski definition) is 1. The van der Waals surface area contributed by atoms with Crippen LogP contribution in [-0.4, -0.2) is 35.5 Å². The van der Waals surface area contributed by atoms with Gasteiger partial charge in [-0.15, -0.1) is 0 Å². The predicted octanol–water partition coefficient (Wildman–Crippen LogP) is 2.82. The number of carbonyl (C=O) groups is 1. The third-order valence-corrected chi connectivity index (χ3v) is 4.13. The summed E-state index contributed by atoms with van der Waals surface area (Å²) < 4.78 is 13.2. The molecule has 0 radical (unpaired) electrons. The van der Waals surface area contributed by atoms with Crippen LogP contribution in [0.2, 0.25) is 0 Å². The zero-order valence-corrected chi connectivity index (χ0v) is 12.4. The Bertz CT molecular complexity index is 479. The SMILES string of the molecule is CC(C)N1CCC(C)(NC(=O)c2cccc(F)c2)CC1. The molecule has 1 aromatic carbocycles. The number of benzene rings is 1. The van der Waals surface area contributed by atoms with Crippen LogP contribution in [-0.2, 0) is 0 Å². The Hall–Kier alpha value is -1.42. The van der Waals surface area contributed by atoms with E-state index in [0.29, 0.717) is 11.6 Å². The van der Waals surface area contributed by atoms with Gasteiger partial charge in [-0.25, -0.2) is 4.39 Å². The van der Waals surface area contributed by atoms with Crippen LogP contribution in [0.1, 0.15) is 44.0 Å². The maximum Gasteiger partial charge on any atom is 0.251 e. The standard InChI is InChI=1S/C16H23FN2O/c1-12(2)19-9-7-16(3,8-10-19)18-15(20)13-5-4-6-14(17)11-13/h4-6,11-12H,7-10H2,1-3H3,(H,18,20). The zero-order valence-electron chi connectivity index (χ0n) is 12.4. The highest BCUT2D eigenvalue weighted by Crippen LogP contribution is 2.23.